The van der Waals surface area contributed by atoms with Crippen LogP contribution in [0.2, 0.25) is 0 Å². The van der Waals surface area contributed by atoms with Crippen LogP contribution in [-0.4, -0.2) is 82.3 Å². The van der Waals surface area contributed by atoms with E-state index in [2.05, 4.69) is 86.8 Å². The molecule has 0 heterocycles. The number of carboxylic acid groups (broad SMARTS) is 1. The fraction of sp³-hybridized carbons (Fsp3) is 0.732. The molecule has 65 heavy (non-hydrogen) atoms. The van der Waals surface area contributed by atoms with Crippen LogP contribution in [0.5, 0.6) is 0 Å². The molecule has 0 aliphatic heterocycles. The summed E-state index contributed by atoms with van der Waals surface area (Å²) in [5.41, 5.74) is 0. The number of carbonyl (C=O) groups is 3. The highest BCUT2D eigenvalue weighted by Crippen LogP contribution is 2.15. The lowest BCUT2D eigenvalue weighted by molar-refractivity contribution is -0.870. The topological polar surface area (TPSA) is 111 Å². The molecule has 2 atom stereocenters. The van der Waals surface area contributed by atoms with Crippen LogP contribution in [0.15, 0.2) is 72.9 Å². The molecule has 0 amide bonds. The molecular weight excluding hydrogens is 815 g/mol. The van der Waals surface area contributed by atoms with Crippen LogP contribution in [-0.2, 0) is 33.3 Å². The number of carbonyl (C=O) groups excluding carboxylic acids is 3. The highest BCUT2D eigenvalue weighted by molar-refractivity contribution is 5.70. The van der Waals surface area contributed by atoms with Crippen molar-refractivity contribution in [1.29, 1.82) is 0 Å². The minimum Gasteiger partial charge on any atom is -0.545 e. The van der Waals surface area contributed by atoms with Gasteiger partial charge in [-0.05, 0) is 83.5 Å². The van der Waals surface area contributed by atoms with Crippen molar-refractivity contribution in [1.82, 2.24) is 0 Å². The zero-order valence-corrected chi connectivity index (χ0v) is 42.3. The Morgan fingerprint density at radius 2 is 0.877 bits per heavy atom. The number of ether oxygens (including phenoxy) is 4. The number of esters is 2. The van der Waals surface area contributed by atoms with Gasteiger partial charge in [-0.15, -0.1) is 0 Å². The van der Waals surface area contributed by atoms with Crippen molar-refractivity contribution in [3.8, 4) is 0 Å². The van der Waals surface area contributed by atoms with Crippen LogP contribution in [0.3, 0.4) is 0 Å². The van der Waals surface area contributed by atoms with E-state index in [9.17, 15) is 19.5 Å². The van der Waals surface area contributed by atoms with E-state index < -0.39 is 24.3 Å². The fourth-order valence-corrected chi connectivity index (χ4v) is 6.91. The van der Waals surface area contributed by atoms with E-state index in [1.54, 1.807) is 0 Å². The Balaban J connectivity index is 4.30. The van der Waals surface area contributed by atoms with Gasteiger partial charge in [0.05, 0.1) is 40.3 Å². The molecule has 0 aliphatic carbocycles. The lowest BCUT2D eigenvalue weighted by atomic mass is 10.0. The minimum absolute atomic E-state index is 0.137. The molecule has 9 heteroatoms. The van der Waals surface area contributed by atoms with E-state index in [1.165, 1.54) is 109 Å². The smallest absolute Gasteiger partial charge is 0.306 e. The van der Waals surface area contributed by atoms with E-state index in [0.29, 0.717) is 17.4 Å². The predicted molar refractivity (Wildman–Crippen MR) is 269 cm³/mol. The SMILES string of the molecule is CC/C=C\C/C=C\C/C=C\C/C=C\CCCCC(=O)OC(COC(=O)CCCCCCCCCCCCCCC/C=C\C/C=C\CCCCCCC)COC(OCC[N+](C)(C)C)C(=O)[O-]. The van der Waals surface area contributed by atoms with Crippen LogP contribution < -0.4 is 5.11 Å². The van der Waals surface area contributed by atoms with Crippen LogP contribution in [0.1, 0.15) is 206 Å². The second-order valence-electron chi connectivity index (χ2n) is 18.4. The first-order valence-corrected chi connectivity index (χ1v) is 26.1. The van der Waals surface area contributed by atoms with Gasteiger partial charge in [-0.2, -0.15) is 0 Å². The highest BCUT2D eigenvalue weighted by atomic mass is 16.7. The number of carboxylic acids is 1. The molecule has 0 saturated carbocycles. The second kappa shape index (κ2) is 47.2. The molecule has 0 radical (unpaired) electrons. The summed E-state index contributed by atoms with van der Waals surface area (Å²) in [5.74, 6) is -2.35. The molecule has 0 aromatic heterocycles. The number of likely N-dealkylation sites (N-methyl/N-ethyl adjacent to an activating group) is 1. The summed E-state index contributed by atoms with van der Waals surface area (Å²) >= 11 is 0. The molecule has 0 N–H and O–H groups in total. The van der Waals surface area contributed by atoms with Crippen molar-refractivity contribution in [3.05, 3.63) is 72.9 Å². The monoisotopic (exact) mass is 912 g/mol. The van der Waals surface area contributed by atoms with Crippen molar-refractivity contribution in [3.63, 3.8) is 0 Å². The number of hydrogen-bond donors (Lipinski definition) is 0. The maximum absolute atomic E-state index is 12.8. The van der Waals surface area contributed by atoms with Gasteiger partial charge in [0.25, 0.3) is 0 Å². The van der Waals surface area contributed by atoms with Crippen molar-refractivity contribution in [2.24, 2.45) is 0 Å². The largest absolute Gasteiger partial charge is 0.545 e. The third-order valence-electron chi connectivity index (χ3n) is 10.9. The third-order valence-corrected chi connectivity index (χ3v) is 10.9. The van der Waals surface area contributed by atoms with Crippen LogP contribution in [0, 0.1) is 0 Å². The van der Waals surface area contributed by atoms with Crippen LogP contribution in [0.25, 0.3) is 0 Å². The zero-order chi connectivity index (χ0) is 47.7. The quantitative estimate of drug-likeness (QED) is 0.0195. The molecule has 0 spiro atoms. The summed E-state index contributed by atoms with van der Waals surface area (Å²) in [7, 11) is 5.89. The molecule has 374 valence electrons. The molecule has 0 bridgehead atoms. The predicted octanol–water partition coefficient (Wildman–Crippen LogP) is 13.3. The van der Waals surface area contributed by atoms with Gasteiger partial charge in [0, 0.05) is 12.8 Å². The van der Waals surface area contributed by atoms with Crippen molar-refractivity contribution >= 4 is 17.9 Å². The summed E-state index contributed by atoms with van der Waals surface area (Å²) in [6.07, 6.45) is 56.7. The van der Waals surface area contributed by atoms with Crippen molar-refractivity contribution < 1.29 is 42.9 Å². The average molecular weight is 912 g/mol. The van der Waals surface area contributed by atoms with Crippen molar-refractivity contribution in [2.45, 2.75) is 219 Å². The number of quaternary nitrogens is 1. The summed E-state index contributed by atoms with van der Waals surface area (Å²) in [5, 5.41) is 11.7. The Bertz CT molecular complexity index is 1290. The Labute approximate surface area is 398 Å². The van der Waals surface area contributed by atoms with Crippen LogP contribution >= 0.6 is 0 Å². The van der Waals surface area contributed by atoms with Gasteiger partial charge in [0.2, 0.25) is 0 Å². The first-order valence-electron chi connectivity index (χ1n) is 26.1. The number of aliphatic carboxylic acids is 1. The second-order valence-corrected chi connectivity index (χ2v) is 18.4. The number of nitrogens with zero attached hydrogens (tertiary/aromatic N) is 1. The van der Waals surface area contributed by atoms with Gasteiger partial charge in [-0.3, -0.25) is 9.59 Å². The maximum atomic E-state index is 12.8. The number of hydrogen-bond acceptors (Lipinski definition) is 8. The summed E-state index contributed by atoms with van der Waals surface area (Å²) in [4.78, 5) is 37.1. The minimum atomic E-state index is -1.63. The molecule has 0 fully saturated rings. The van der Waals surface area contributed by atoms with Gasteiger partial charge in [-0.1, -0.05) is 183 Å². The Kier molecular flexibility index (Phi) is 44.9. The van der Waals surface area contributed by atoms with E-state index in [1.807, 2.05) is 21.1 Å². The van der Waals surface area contributed by atoms with Gasteiger partial charge in [0.15, 0.2) is 12.4 Å². The molecule has 0 aromatic rings. The highest BCUT2D eigenvalue weighted by Gasteiger charge is 2.21. The molecule has 2 unspecified atom stereocenters. The van der Waals surface area contributed by atoms with Crippen molar-refractivity contribution in [2.75, 3.05) is 47.5 Å². The Hall–Kier alpha value is -3.27. The molecule has 0 saturated heterocycles. The average Bonchev–Trinajstić information content (AvgIpc) is 3.27. The fourth-order valence-electron chi connectivity index (χ4n) is 6.91. The van der Waals surface area contributed by atoms with Crippen LogP contribution in [0.4, 0.5) is 0 Å². The van der Waals surface area contributed by atoms with E-state index in [-0.39, 0.29) is 38.6 Å². The Morgan fingerprint density at radius 1 is 0.477 bits per heavy atom. The summed E-state index contributed by atoms with van der Waals surface area (Å²) in [6.45, 7) is 4.56. The Morgan fingerprint density at radius 3 is 1.34 bits per heavy atom. The van der Waals surface area contributed by atoms with Gasteiger partial charge in [0.1, 0.15) is 13.2 Å². The molecule has 0 aliphatic rings. The molecule has 0 aromatic carbocycles. The first-order chi connectivity index (χ1) is 31.6. The van der Waals surface area contributed by atoms with E-state index in [4.69, 9.17) is 18.9 Å². The molecule has 9 nitrogen and oxygen atoms in total. The number of unbranched alkanes of at least 4 members (excludes halogenated alkanes) is 20. The van der Waals surface area contributed by atoms with E-state index >= 15 is 0 Å². The zero-order valence-electron chi connectivity index (χ0n) is 42.3. The molecular formula is C56H97NO8. The standard InChI is InChI=1S/C56H97NO8/c1-6-8-10-12-14-16-18-20-22-23-24-25-26-27-28-29-30-31-33-34-36-38-40-42-44-46-53(58)63-50-52(51-64-56(55(60)61)62-49-48-57(3,4)5)65-54(59)47-45-43-41-39-37-35-32-21-19-17-15-13-11-9-7-2/h9,11,15,17-18,20-21,23-24,32,37,39,52,56H,6-8,10,12-14,16,19,22,25-31,33-36,38,40-51H2,1-5H3/b11-9-,17-15-,20-18-,24-23-,32-21-,39-37-. The van der Waals surface area contributed by atoms with E-state index in [0.717, 1.165) is 64.2 Å². The lowest BCUT2D eigenvalue weighted by Gasteiger charge is -2.26. The normalized spacial score (nSPS) is 13.4. The number of rotatable bonds is 47. The lowest BCUT2D eigenvalue weighted by Crippen LogP contribution is -2.44. The summed E-state index contributed by atoms with van der Waals surface area (Å²) in [6, 6.07) is 0. The number of allylic oxidation sites excluding steroid dienone is 12. The molecule has 0 rings (SSSR count). The first kappa shape index (κ1) is 61.7. The third kappa shape index (κ3) is 48.5. The van der Waals surface area contributed by atoms with Gasteiger partial charge < -0.3 is 33.3 Å². The summed E-state index contributed by atoms with van der Waals surface area (Å²) < 4.78 is 22.6. The van der Waals surface area contributed by atoms with Gasteiger partial charge >= 0.3 is 11.9 Å². The maximum Gasteiger partial charge on any atom is 0.306 e. The van der Waals surface area contributed by atoms with Gasteiger partial charge in [-0.25, -0.2) is 0 Å².